The van der Waals surface area contributed by atoms with Gasteiger partial charge in [-0.1, -0.05) is 11.8 Å². The summed E-state index contributed by atoms with van der Waals surface area (Å²) >= 11 is 0. The van der Waals surface area contributed by atoms with Crippen molar-refractivity contribution in [3.05, 3.63) is 0 Å². The van der Waals surface area contributed by atoms with E-state index in [0.29, 0.717) is 0 Å². The van der Waals surface area contributed by atoms with Crippen LogP contribution in [0.3, 0.4) is 0 Å². The van der Waals surface area contributed by atoms with Gasteiger partial charge in [0.05, 0.1) is 13.4 Å². The Labute approximate surface area is 35.4 Å². The minimum atomic E-state index is 1.11. The van der Waals surface area contributed by atoms with Gasteiger partial charge in [0.1, 0.15) is 0 Å². The Balaban J connectivity index is 2.19. The highest BCUT2D eigenvalue weighted by Gasteiger charge is 2.44. The summed E-state index contributed by atoms with van der Waals surface area (Å²) in [5.41, 5.74) is 1.11. The molecular weight excluding hydrogens is 73.7 g/mol. The van der Waals surface area contributed by atoms with Crippen molar-refractivity contribution in [1.82, 2.24) is 0 Å². The van der Waals surface area contributed by atoms with Crippen LogP contribution in [0.25, 0.3) is 0 Å². The summed E-state index contributed by atoms with van der Waals surface area (Å²) in [6, 6.07) is 0. The lowest BCUT2D eigenvalue weighted by Crippen LogP contribution is -2.61. The van der Waals surface area contributed by atoms with E-state index in [-0.39, 0.29) is 0 Å². The summed E-state index contributed by atoms with van der Waals surface area (Å²) in [6.07, 6.45) is 2.65. The van der Waals surface area contributed by atoms with E-state index in [4.69, 9.17) is 0 Å². The molecule has 3 aliphatic rings. The van der Waals surface area contributed by atoms with Gasteiger partial charge >= 0.3 is 0 Å². The van der Waals surface area contributed by atoms with Crippen molar-refractivity contribution in [3.8, 4) is 0 Å². The monoisotopic (exact) mass is 77.0 g/mol. The Hall–Kier alpha value is 0.347. The summed E-state index contributed by atoms with van der Waals surface area (Å²) in [7, 11) is 3.79. The molecule has 5 heavy (non-hydrogen) atoms. The largest absolute Gasteiger partial charge is 0.0975 e. The first kappa shape index (κ1) is 2.51. The van der Waals surface area contributed by atoms with Gasteiger partial charge in [-0.05, 0) is 9.39 Å². The first-order valence-corrected chi connectivity index (χ1v) is 3.22. The van der Waals surface area contributed by atoms with Crippen LogP contribution in [0.5, 0.6) is 0 Å². The van der Waals surface area contributed by atoms with Crippen LogP contribution in [0.4, 0.5) is 0 Å². The van der Waals surface area contributed by atoms with Crippen LogP contribution in [-0.2, 0) is 0 Å². The summed E-state index contributed by atoms with van der Waals surface area (Å²) in [4.78, 5) is 0. The van der Waals surface area contributed by atoms with E-state index in [1.54, 1.807) is 6.32 Å². The van der Waals surface area contributed by atoms with Crippen molar-refractivity contribution in [2.75, 3.05) is 0 Å². The van der Waals surface area contributed by atoms with Crippen molar-refractivity contribution in [2.45, 2.75) is 11.8 Å². The molecule has 0 aromatic heterocycles. The molecule has 0 N–H and O–H groups in total. The molecule has 0 nitrogen and oxygen atoms in total. The van der Waals surface area contributed by atoms with Crippen molar-refractivity contribution in [2.24, 2.45) is 0 Å². The average molecular weight is 76.8 g/mol. The standard InChI is InChI=1S/C2H3B2Si/c1-2-3-4(1)5-2/h2H,1H2. The highest BCUT2D eigenvalue weighted by atomic mass is 28.2. The lowest BCUT2D eigenvalue weighted by Gasteiger charge is -2.46. The van der Waals surface area contributed by atoms with E-state index in [0.717, 1.165) is 11.6 Å². The Morgan fingerprint density at radius 1 is 2.00 bits per heavy atom. The van der Waals surface area contributed by atoms with Crippen LogP contribution in [0.15, 0.2) is 0 Å². The molecule has 3 rings (SSSR count). The van der Waals surface area contributed by atoms with Crippen LogP contribution in [-0.4, -0.2) is 22.8 Å². The third-order valence-electron chi connectivity index (χ3n) is 1.40. The molecule has 0 saturated carbocycles. The summed E-state index contributed by atoms with van der Waals surface area (Å²) in [5, 5.41) is 0. The topological polar surface area (TPSA) is 0 Å². The van der Waals surface area contributed by atoms with E-state index in [2.05, 4.69) is 7.17 Å². The van der Waals surface area contributed by atoms with Gasteiger partial charge in [0.15, 0.2) is 0 Å². The minimum absolute atomic E-state index is 1.11. The van der Waals surface area contributed by atoms with Crippen LogP contribution in [0.2, 0.25) is 11.8 Å². The number of rotatable bonds is 0. The molecule has 3 saturated heterocycles. The molecule has 0 spiro atoms. The summed E-state index contributed by atoms with van der Waals surface area (Å²) in [5.74, 6) is 0. The Morgan fingerprint density at radius 2 is 2.20 bits per heavy atom. The predicted molar refractivity (Wildman–Crippen MR) is 25.8 cm³/mol. The summed E-state index contributed by atoms with van der Waals surface area (Å²) in [6.45, 7) is 0. The second kappa shape index (κ2) is 0.557. The van der Waals surface area contributed by atoms with Gasteiger partial charge in [0.25, 0.3) is 0 Å². The van der Waals surface area contributed by atoms with Gasteiger partial charge in [-0.3, -0.25) is 0 Å². The second-order valence-electron chi connectivity index (χ2n) is 1.81. The number of hydrogen-bond acceptors (Lipinski definition) is 0. The Bertz CT molecular complexity index is 44.4. The first-order chi connectivity index (χ1) is 2.45. The molecule has 0 aromatic rings. The first-order valence-electron chi connectivity index (χ1n) is 2.06. The molecule has 0 aliphatic carbocycles. The van der Waals surface area contributed by atoms with Crippen molar-refractivity contribution < 1.29 is 0 Å². The molecule has 3 heteroatoms. The van der Waals surface area contributed by atoms with Crippen LogP contribution in [0.1, 0.15) is 0 Å². The fraction of sp³-hybridized carbons (Fsp3) is 1.00. The van der Waals surface area contributed by atoms with E-state index in [1.165, 1.54) is 9.39 Å². The molecular formula is C2H3B2Si. The molecule has 0 aromatic carbocycles. The zero-order chi connectivity index (χ0) is 3.28. The van der Waals surface area contributed by atoms with E-state index in [1.807, 2.05) is 0 Å². The average Bonchev–Trinajstić information content (AvgIpc) is 0.592. The molecule has 1 unspecified atom stereocenters. The fourth-order valence-corrected chi connectivity index (χ4v) is 2.00. The fourth-order valence-electron chi connectivity index (χ4n) is 0.758. The van der Waals surface area contributed by atoms with E-state index >= 15 is 0 Å². The van der Waals surface area contributed by atoms with Gasteiger partial charge in [-0.25, -0.2) is 0 Å². The molecule has 3 radical (unpaired) electrons. The van der Waals surface area contributed by atoms with Crippen LogP contribution >= 0.6 is 0 Å². The normalized spacial score (nSPS) is 41.6. The second-order valence-corrected chi connectivity index (χ2v) is 3.62. The lowest BCUT2D eigenvalue weighted by atomic mass is 9.20. The molecule has 3 aliphatic heterocycles. The maximum atomic E-state index is 2.46. The Morgan fingerprint density at radius 3 is 2.20 bits per heavy atom. The smallest absolute Gasteiger partial charge is 0.0893 e. The zero-order valence-corrected chi connectivity index (χ0v) is 3.94. The molecule has 3 heterocycles. The summed E-state index contributed by atoms with van der Waals surface area (Å²) < 4.78 is 0. The van der Waals surface area contributed by atoms with Crippen LogP contribution in [0, 0.1) is 0 Å². The van der Waals surface area contributed by atoms with Crippen molar-refractivity contribution >= 4 is 22.8 Å². The third-order valence-corrected chi connectivity index (χ3v) is 3.11. The molecule has 0 amide bonds. The van der Waals surface area contributed by atoms with Crippen molar-refractivity contribution in [3.63, 3.8) is 0 Å². The molecule has 2 bridgehead atoms. The van der Waals surface area contributed by atoms with E-state index < -0.39 is 0 Å². The third kappa shape index (κ3) is 0.157. The minimum Gasteiger partial charge on any atom is -0.0975 e. The molecule has 3 fully saturated rings. The predicted octanol–water partition coefficient (Wildman–Crippen LogP) is -0.344. The van der Waals surface area contributed by atoms with Gasteiger partial charge < -0.3 is 0 Å². The van der Waals surface area contributed by atoms with Gasteiger partial charge in [-0.15, -0.1) is 0 Å². The lowest BCUT2D eigenvalue weighted by molar-refractivity contribution is 1.21. The van der Waals surface area contributed by atoms with E-state index in [9.17, 15) is 0 Å². The zero-order valence-electron chi connectivity index (χ0n) is 2.94. The van der Waals surface area contributed by atoms with Crippen molar-refractivity contribution in [1.29, 1.82) is 0 Å². The Kier molecular flexibility index (Phi) is 0.280. The molecule has 21 valence electrons. The van der Waals surface area contributed by atoms with Crippen LogP contribution < -0.4 is 0 Å². The SMILES string of the molecule is [B]1B2CC1[Si]2. The maximum Gasteiger partial charge on any atom is 0.0893 e. The quantitative estimate of drug-likeness (QED) is 0.347. The van der Waals surface area contributed by atoms with Gasteiger partial charge in [0.2, 0.25) is 0 Å². The maximum absolute atomic E-state index is 2.46. The highest BCUT2D eigenvalue weighted by Crippen LogP contribution is 2.35. The van der Waals surface area contributed by atoms with Gasteiger partial charge in [-0.2, -0.15) is 0 Å². The highest BCUT2D eigenvalue weighted by molar-refractivity contribution is 7.56. The van der Waals surface area contributed by atoms with Gasteiger partial charge in [0, 0.05) is 0 Å². The molecule has 1 atom stereocenters. The number of hydrogen-bond donors (Lipinski definition) is 0.